The summed E-state index contributed by atoms with van der Waals surface area (Å²) in [7, 11) is -3.47. The molecule has 2 rings (SSSR count). The van der Waals surface area contributed by atoms with Gasteiger partial charge in [0.15, 0.2) is 0 Å². The van der Waals surface area contributed by atoms with Gasteiger partial charge in [-0.05, 0) is 30.6 Å². The molecule has 20 heavy (non-hydrogen) atoms. The molecule has 3 atom stereocenters. The molecule has 0 radical (unpaired) electrons. The molecule has 0 aromatic carbocycles. The van der Waals surface area contributed by atoms with Gasteiger partial charge in [0.05, 0.1) is 11.2 Å². The molecule has 0 aromatic heterocycles. The fourth-order valence-electron chi connectivity index (χ4n) is 3.42. The van der Waals surface area contributed by atoms with Gasteiger partial charge in [0.2, 0.25) is 10.0 Å². The first kappa shape index (κ1) is 15.8. The van der Waals surface area contributed by atoms with Crippen LogP contribution in [0.25, 0.3) is 0 Å². The van der Waals surface area contributed by atoms with E-state index in [2.05, 4.69) is 20.8 Å². The summed E-state index contributed by atoms with van der Waals surface area (Å²) in [6.45, 7) is 7.46. The summed E-state index contributed by atoms with van der Waals surface area (Å²) in [6.07, 6.45) is 2.52. The topological polar surface area (TPSA) is 74.7 Å². The molecule has 1 aliphatic heterocycles. The van der Waals surface area contributed by atoms with Gasteiger partial charge in [0.1, 0.15) is 0 Å². The number of hydrogen-bond acceptors (Lipinski definition) is 3. The standard InChI is InChI=1S/C14H25NO4S/c1-14(2,3)10-7-8-15(9-10)20(18,19)12-6-4-5-11(12)13(16)17/h10-12H,4-9H2,1-3H3,(H,16,17). The Hall–Kier alpha value is -0.620. The van der Waals surface area contributed by atoms with Crippen LogP contribution in [0.1, 0.15) is 46.5 Å². The smallest absolute Gasteiger partial charge is 0.307 e. The highest BCUT2D eigenvalue weighted by Gasteiger charge is 2.46. The molecule has 1 aliphatic carbocycles. The maximum Gasteiger partial charge on any atom is 0.307 e. The number of carbonyl (C=O) groups is 1. The SMILES string of the molecule is CC(C)(C)C1CCN(S(=O)(=O)C2CCCC2C(=O)O)C1. The molecule has 0 bridgehead atoms. The molecular formula is C14H25NO4S. The molecule has 116 valence electrons. The van der Waals surface area contributed by atoms with Crippen LogP contribution in [-0.4, -0.2) is 42.1 Å². The van der Waals surface area contributed by atoms with Gasteiger partial charge in [-0.3, -0.25) is 4.79 Å². The van der Waals surface area contributed by atoms with E-state index in [4.69, 9.17) is 0 Å². The first-order valence-corrected chi connectivity index (χ1v) is 8.86. The van der Waals surface area contributed by atoms with Gasteiger partial charge >= 0.3 is 5.97 Å². The number of sulfonamides is 1. The zero-order valence-electron chi connectivity index (χ0n) is 12.5. The quantitative estimate of drug-likeness (QED) is 0.864. The van der Waals surface area contributed by atoms with Gasteiger partial charge in [0.25, 0.3) is 0 Å². The largest absolute Gasteiger partial charge is 0.481 e. The zero-order valence-corrected chi connectivity index (χ0v) is 13.3. The summed E-state index contributed by atoms with van der Waals surface area (Å²) in [4.78, 5) is 11.2. The van der Waals surface area contributed by atoms with E-state index in [1.807, 2.05) is 0 Å². The minimum atomic E-state index is -3.47. The van der Waals surface area contributed by atoms with Crippen molar-refractivity contribution in [1.29, 1.82) is 0 Å². The second-order valence-electron chi connectivity index (χ2n) is 7.17. The Balaban J connectivity index is 2.14. The Morgan fingerprint density at radius 2 is 1.85 bits per heavy atom. The Morgan fingerprint density at radius 1 is 1.20 bits per heavy atom. The normalized spacial score (nSPS) is 32.6. The van der Waals surface area contributed by atoms with Crippen LogP contribution in [0, 0.1) is 17.3 Å². The third kappa shape index (κ3) is 2.86. The number of nitrogens with zero attached hydrogens (tertiary/aromatic N) is 1. The van der Waals surface area contributed by atoms with Crippen LogP contribution in [0.5, 0.6) is 0 Å². The van der Waals surface area contributed by atoms with Crippen LogP contribution >= 0.6 is 0 Å². The van der Waals surface area contributed by atoms with Crippen LogP contribution in [-0.2, 0) is 14.8 Å². The molecule has 2 fully saturated rings. The highest BCUT2D eigenvalue weighted by atomic mass is 32.2. The van der Waals surface area contributed by atoms with Crippen molar-refractivity contribution in [1.82, 2.24) is 4.31 Å². The average Bonchev–Trinajstić information content (AvgIpc) is 2.98. The number of aliphatic carboxylic acids is 1. The molecule has 1 N–H and O–H groups in total. The summed E-state index contributed by atoms with van der Waals surface area (Å²) in [5.41, 5.74) is 0.0894. The fraction of sp³-hybridized carbons (Fsp3) is 0.929. The van der Waals surface area contributed by atoms with Crippen LogP contribution in [0.3, 0.4) is 0 Å². The van der Waals surface area contributed by atoms with Crippen LogP contribution < -0.4 is 0 Å². The van der Waals surface area contributed by atoms with Crippen molar-refractivity contribution in [2.24, 2.45) is 17.3 Å². The monoisotopic (exact) mass is 303 g/mol. The lowest BCUT2D eigenvalue weighted by molar-refractivity contribution is -0.141. The van der Waals surface area contributed by atoms with Crippen LogP contribution in [0.15, 0.2) is 0 Å². The number of rotatable bonds is 3. The van der Waals surface area contributed by atoms with Crippen molar-refractivity contribution >= 4 is 16.0 Å². The summed E-state index contributed by atoms with van der Waals surface area (Å²) in [5, 5.41) is 8.46. The second-order valence-corrected chi connectivity index (χ2v) is 9.32. The lowest BCUT2D eigenvalue weighted by atomic mass is 9.80. The first-order valence-electron chi connectivity index (χ1n) is 7.36. The maximum atomic E-state index is 12.7. The van der Waals surface area contributed by atoms with Crippen LogP contribution in [0.2, 0.25) is 0 Å². The Bertz CT molecular complexity index is 480. The van der Waals surface area contributed by atoms with Gasteiger partial charge in [-0.1, -0.05) is 27.2 Å². The van der Waals surface area contributed by atoms with Crippen molar-refractivity contribution in [2.75, 3.05) is 13.1 Å². The average molecular weight is 303 g/mol. The minimum Gasteiger partial charge on any atom is -0.481 e. The van der Waals surface area contributed by atoms with E-state index >= 15 is 0 Å². The fourth-order valence-corrected chi connectivity index (χ4v) is 5.69. The van der Waals surface area contributed by atoms with E-state index in [1.54, 1.807) is 0 Å². The molecule has 0 aromatic rings. The maximum absolute atomic E-state index is 12.7. The molecule has 0 amide bonds. The molecule has 1 saturated heterocycles. The van der Waals surface area contributed by atoms with Crippen molar-refractivity contribution < 1.29 is 18.3 Å². The minimum absolute atomic E-state index is 0.0894. The number of carboxylic acid groups (broad SMARTS) is 1. The van der Waals surface area contributed by atoms with Crippen LogP contribution in [0.4, 0.5) is 0 Å². The van der Waals surface area contributed by atoms with E-state index in [0.717, 1.165) is 6.42 Å². The summed E-state index contributed by atoms with van der Waals surface area (Å²) < 4.78 is 26.9. The van der Waals surface area contributed by atoms with E-state index < -0.39 is 27.2 Å². The number of hydrogen-bond donors (Lipinski definition) is 1. The summed E-state index contributed by atoms with van der Waals surface area (Å²) in [6, 6.07) is 0. The van der Waals surface area contributed by atoms with Gasteiger partial charge < -0.3 is 5.11 Å². The Kier molecular flexibility index (Phi) is 4.17. The predicted molar refractivity (Wildman–Crippen MR) is 76.8 cm³/mol. The van der Waals surface area contributed by atoms with Gasteiger partial charge in [0, 0.05) is 13.1 Å². The van der Waals surface area contributed by atoms with E-state index in [-0.39, 0.29) is 5.41 Å². The molecule has 1 saturated carbocycles. The molecule has 0 spiro atoms. The highest BCUT2D eigenvalue weighted by molar-refractivity contribution is 7.89. The zero-order chi connectivity index (χ0) is 15.1. The van der Waals surface area contributed by atoms with E-state index in [0.29, 0.717) is 38.3 Å². The molecule has 3 unspecified atom stereocenters. The van der Waals surface area contributed by atoms with Gasteiger partial charge in [-0.25, -0.2) is 12.7 Å². The molecule has 2 aliphatic rings. The van der Waals surface area contributed by atoms with Crippen molar-refractivity contribution in [3.8, 4) is 0 Å². The third-order valence-electron chi connectivity index (χ3n) is 4.89. The number of carboxylic acids is 1. The van der Waals surface area contributed by atoms with Crippen molar-refractivity contribution in [3.05, 3.63) is 0 Å². The molecule has 5 nitrogen and oxygen atoms in total. The van der Waals surface area contributed by atoms with Gasteiger partial charge in [-0.2, -0.15) is 0 Å². The summed E-state index contributed by atoms with van der Waals surface area (Å²) >= 11 is 0. The van der Waals surface area contributed by atoms with E-state index in [9.17, 15) is 18.3 Å². The molecule has 6 heteroatoms. The predicted octanol–water partition coefficient (Wildman–Crippen LogP) is 1.94. The highest BCUT2D eigenvalue weighted by Crippen LogP contribution is 2.38. The molecular weight excluding hydrogens is 278 g/mol. The van der Waals surface area contributed by atoms with Gasteiger partial charge in [-0.15, -0.1) is 0 Å². The van der Waals surface area contributed by atoms with Crippen molar-refractivity contribution in [3.63, 3.8) is 0 Å². The van der Waals surface area contributed by atoms with Crippen molar-refractivity contribution in [2.45, 2.75) is 51.7 Å². The Morgan fingerprint density at radius 3 is 2.35 bits per heavy atom. The Labute approximate surface area is 121 Å². The first-order chi connectivity index (χ1) is 9.14. The van der Waals surface area contributed by atoms with E-state index in [1.165, 1.54) is 4.31 Å². The lowest BCUT2D eigenvalue weighted by Crippen LogP contribution is -2.41. The lowest BCUT2D eigenvalue weighted by Gasteiger charge is -2.28. The summed E-state index contributed by atoms with van der Waals surface area (Å²) in [5.74, 6) is -1.35. The third-order valence-corrected chi connectivity index (χ3v) is 7.27. The molecule has 1 heterocycles. The second kappa shape index (κ2) is 5.30.